The van der Waals surface area contributed by atoms with Crippen LogP contribution in [0.15, 0.2) is 12.7 Å². The molecule has 0 aromatic carbocycles. The number of carbonyl (C=O) groups is 1. The van der Waals surface area contributed by atoms with E-state index in [9.17, 15) is 4.79 Å². The van der Waals surface area contributed by atoms with E-state index in [-0.39, 0.29) is 18.1 Å². The lowest BCUT2D eigenvalue weighted by Gasteiger charge is -2.31. The molecule has 18 heavy (non-hydrogen) atoms. The molecule has 1 saturated heterocycles. The van der Waals surface area contributed by atoms with Gasteiger partial charge in [0.2, 0.25) is 0 Å². The SMILES string of the molecule is C=CCN1CCC(NC(=O)NC(C)COC)CC1. The van der Waals surface area contributed by atoms with Crippen molar-refractivity contribution >= 4 is 6.03 Å². The fourth-order valence-corrected chi connectivity index (χ4v) is 2.18. The van der Waals surface area contributed by atoms with Gasteiger partial charge in [-0.15, -0.1) is 6.58 Å². The Morgan fingerprint density at radius 1 is 1.56 bits per heavy atom. The zero-order chi connectivity index (χ0) is 13.4. The molecule has 0 aliphatic carbocycles. The zero-order valence-corrected chi connectivity index (χ0v) is 11.4. The Balaban J connectivity index is 2.19. The zero-order valence-electron chi connectivity index (χ0n) is 11.4. The Labute approximate surface area is 110 Å². The van der Waals surface area contributed by atoms with E-state index in [4.69, 9.17) is 4.74 Å². The van der Waals surface area contributed by atoms with Gasteiger partial charge in [0.15, 0.2) is 0 Å². The fraction of sp³-hybridized carbons (Fsp3) is 0.769. The van der Waals surface area contributed by atoms with Gasteiger partial charge in [-0.2, -0.15) is 0 Å². The monoisotopic (exact) mass is 255 g/mol. The van der Waals surface area contributed by atoms with Gasteiger partial charge in [-0.1, -0.05) is 6.08 Å². The van der Waals surface area contributed by atoms with Crippen molar-refractivity contribution in [3.05, 3.63) is 12.7 Å². The van der Waals surface area contributed by atoms with Gasteiger partial charge in [0.25, 0.3) is 0 Å². The summed E-state index contributed by atoms with van der Waals surface area (Å²) in [7, 11) is 1.63. The van der Waals surface area contributed by atoms with Crippen LogP contribution in [0.5, 0.6) is 0 Å². The van der Waals surface area contributed by atoms with Gasteiger partial charge in [-0.3, -0.25) is 4.90 Å². The smallest absolute Gasteiger partial charge is 0.315 e. The van der Waals surface area contributed by atoms with Crippen LogP contribution in [0.3, 0.4) is 0 Å². The lowest BCUT2D eigenvalue weighted by molar-refractivity contribution is 0.167. The number of nitrogens with zero attached hydrogens (tertiary/aromatic N) is 1. The molecule has 1 rings (SSSR count). The first-order valence-electron chi connectivity index (χ1n) is 6.55. The molecular weight excluding hydrogens is 230 g/mol. The van der Waals surface area contributed by atoms with E-state index in [0.29, 0.717) is 6.61 Å². The molecule has 1 unspecified atom stereocenters. The summed E-state index contributed by atoms with van der Waals surface area (Å²) in [5, 5.41) is 5.87. The summed E-state index contributed by atoms with van der Waals surface area (Å²) in [5.41, 5.74) is 0. The van der Waals surface area contributed by atoms with Crippen LogP contribution in [0.2, 0.25) is 0 Å². The molecule has 0 aromatic heterocycles. The highest BCUT2D eigenvalue weighted by atomic mass is 16.5. The quantitative estimate of drug-likeness (QED) is 0.695. The van der Waals surface area contributed by atoms with Crippen LogP contribution in [-0.2, 0) is 4.74 Å². The second-order valence-corrected chi connectivity index (χ2v) is 4.84. The predicted octanol–water partition coefficient (Wildman–Crippen LogP) is 0.971. The van der Waals surface area contributed by atoms with Gasteiger partial charge in [-0.25, -0.2) is 4.79 Å². The van der Waals surface area contributed by atoms with Crippen molar-refractivity contribution in [3.63, 3.8) is 0 Å². The van der Waals surface area contributed by atoms with E-state index < -0.39 is 0 Å². The van der Waals surface area contributed by atoms with Gasteiger partial charge >= 0.3 is 6.03 Å². The molecule has 0 radical (unpaired) electrons. The third-order valence-corrected chi connectivity index (χ3v) is 3.10. The number of amides is 2. The Morgan fingerprint density at radius 3 is 2.78 bits per heavy atom. The van der Waals surface area contributed by atoms with E-state index in [1.165, 1.54) is 0 Å². The molecule has 5 heteroatoms. The van der Waals surface area contributed by atoms with Crippen molar-refractivity contribution in [3.8, 4) is 0 Å². The molecule has 5 nitrogen and oxygen atoms in total. The summed E-state index contributed by atoms with van der Waals surface area (Å²) in [6, 6.07) is 0.221. The average molecular weight is 255 g/mol. The van der Waals surface area contributed by atoms with E-state index in [1.54, 1.807) is 7.11 Å². The maximum absolute atomic E-state index is 11.7. The minimum Gasteiger partial charge on any atom is -0.383 e. The third-order valence-electron chi connectivity index (χ3n) is 3.10. The maximum atomic E-state index is 11.7. The van der Waals surface area contributed by atoms with Crippen molar-refractivity contribution in [2.45, 2.75) is 31.8 Å². The van der Waals surface area contributed by atoms with E-state index in [0.717, 1.165) is 32.5 Å². The largest absolute Gasteiger partial charge is 0.383 e. The number of rotatable bonds is 6. The molecule has 1 aliphatic rings. The van der Waals surface area contributed by atoms with E-state index in [2.05, 4.69) is 22.1 Å². The number of hydrogen-bond acceptors (Lipinski definition) is 3. The molecular formula is C13H25N3O2. The summed E-state index contributed by atoms with van der Waals surface area (Å²) in [6.45, 7) is 9.17. The number of likely N-dealkylation sites (tertiary alicyclic amines) is 1. The van der Waals surface area contributed by atoms with E-state index in [1.807, 2.05) is 13.0 Å². The lowest BCUT2D eigenvalue weighted by atomic mass is 10.1. The van der Waals surface area contributed by atoms with Gasteiger partial charge in [0.1, 0.15) is 0 Å². The number of piperidine rings is 1. The summed E-state index contributed by atoms with van der Waals surface area (Å²) in [5.74, 6) is 0. The molecule has 1 heterocycles. The summed E-state index contributed by atoms with van der Waals surface area (Å²) >= 11 is 0. The van der Waals surface area contributed by atoms with Gasteiger partial charge < -0.3 is 15.4 Å². The van der Waals surface area contributed by atoms with Gasteiger partial charge in [0, 0.05) is 32.8 Å². The minimum absolute atomic E-state index is 0.0378. The first-order valence-corrected chi connectivity index (χ1v) is 6.55. The Kier molecular flexibility index (Phi) is 6.75. The van der Waals surface area contributed by atoms with Crippen molar-refractivity contribution in [1.82, 2.24) is 15.5 Å². The summed E-state index contributed by atoms with van der Waals surface area (Å²) < 4.78 is 4.98. The number of nitrogens with one attached hydrogen (secondary N) is 2. The lowest BCUT2D eigenvalue weighted by Crippen LogP contribution is -2.50. The first-order chi connectivity index (χ1) is 8.65. The number of hydrogen-bond donors (Lipinski definition) is 2. The highest BCUT2D eigenvalue weighted by molar-refractivity contribution is 5.74. The molecule has 2 amide bonds. The highest BCUT2D eigenvalue weighted by Crippen LogP contribution is 2.09. The van der Waals surface area contributed by atoms with E-state index >= 15 is 0 Å². The second kappa shape index (κ2) is 8.11. The molecule has 2 N–H and O–H groups in total. The normalized spacial score (nSPS) is 19.2. The van der Waals surface area contributed by atoms with Crippen molar-refractivity contribution < 1.29 is 9.53 Å². The average Bonchev–Trinajstić information content (AvgIpc) is 2.32. The van der Waals surface area contributed by atoms with Crippen LogP contribution in [0.25, 0.3) is 0 Å². The summed E-state index contributed by atoms with van der Waals surface area (Å²) in [4.78, 5) is 14.0. The molecule has 1 fully saturated rings. The standard InChI is InChI=1S/C13H25N3O2/c1-4-7-16-8-5-12(6-9-16)15-13(17)14-11(2)10-18-3/h4,11-12H,1,5-10H2,2-3H3,(H2,14,15,17). The number of methoxy groups -OCH3 is 1. The van der Waals surface area contributed by atoms with Crippen molar-refractivity contribution in [1.29, 1.82) is 0 Å². The maximum Gasteiger partial charge on any atom is 0.315 e. The predicted molar refractivity (Wildman–Crippen MR) is 72.7 cm³/mol. The minimum atomic E-state index is -0.0956. The highest BCUT2D eigenvalue weighted by Gasteiger charge is 2.20. The van der Waals surface area contributed by atoms with Crippen LogP contribution in [0, 0.1) is 0 Å². The summed E-state index contributed by atoms with van der Waals surface area (Å²) in [6.07, 6.45) is 3.92. The van der Waals surface area contributed by atoms with Crippen molar-refractivity contribution in [2.75, 3.05) is 33.4 Å². The van der Waals surface area contributed by atoms with Crippen LogP contribution in [-0.4, -0.2) is 56.4 Å². The first kappa shape index (κ1) is 15.0. The molecule has 0 spiro atoms. The fourth-order valence-electron chi connectivity index (χ4n) is 2.18. The molecule has 0 saturated carbocycles. The molecule has 0 aromatic rings. The number of urea groups is 1. The number of carbonyl (C=O) groups excluding carboxylic acids is 1. The molecule has 1 aliphatic heterocycles. The van der Waals surface area contributed by atoms with Crippen LogP contribution >= 0.6 is 0 Å². The van der Waals surface area contributed by atoms with Gasteiger partial charge in [0.05, 0.1) is 12.6 Å². The number of ether oxygens (including phenoxy) is 1. The Hall–Kier alpha value is -1.07. The van der Waals surface area contributed by atoms with Crippen LogP contribution < -0.4 is 10.6 Å². The third kappa shape index (κ3) is 5.51. The van der Waals surface area contributed by atoms with Gasteiger partial charge in [-0.05, 0) is 19.8 Å². The molecule has 0 bridgehead atoms. The topological polar surface area (TPSA) is 53.6 Å². The molecule has 1 atom stereocenters. The van der Waals surface area contributed by atoms with Crippen LogP contribution in [0.4, 0.5) is 4.79 Å². The van der Waals surface area contributed by atoms with Crippen molar-refractivity contribution in [2.24, 2.45) is 0 Å². The molecule has 104 valence electrons. The van der Waals surface area contributed by atoms with Crippen LogP contribution in [0.1, 0.15) is 19.8 Å². The second-order valence-electron chi connectivity index (χ2n) is 4.84. The Morgan fingerprint density at radius 2 is 2.22 bits per heavy atom. The Bertz CT molecular complexity index is 263.